The summed E-state index contributed by atoms with van der Waals surface area (Å²) in [7, 11) is 1.46. The van der Waals surface area contributed by atoms with E-state index in [0.29, 0.717) is 25.8 Å². The molecule has 10 heteroatoms. The average molecular weight is 491 g/mol. The lowest BCUT2D eigenvalue weighted by molar-refractivity contribution is -0.149. The van der Waals surface area contributed by atoms with Crippen LogP contribution < -0.4 is 11.1 Å². The number of benzene rings is 1. The standard InChI is InChI=1S/C25H38N4O6/c1-5-15(2)21(25(34)35)27-22(31)18-12-9-13-29(18)23(32)19(14-17-10-7-6-8-11-17)28(4)24(33)20(26)16(3)30/h6-8,10-11,15-16,18-21,30H,5,9,12-14,26H2,1-4H3,(H,27,31)(H,34,35)/t15-,16+,18-,19-,20-,21-/m0/s1. The molecular formula is C25H38N4O6. The lowest BCUT2D eigenvalue weighted by Crippen LogP contribution is -2.59. The van der Waals surface area contributed by atoms with Gasteiger partial charge in [0.15, 0.2) is 0 Å². The summed E-state index contributed by atoms with van der Waals surface area (Å²) >= 11 is 0. The minimum Gasteiger partial charge on any atom is -0.480 e. The van der Waals surface area contributed by atoms with Crippen LogP contribution >= 0.6 is 0 Å². The molecule has 1 heterocycles. The zero-order valence-corrected chi connectivity index (χ0v) is 20.9. The molecule has 0 spiro atoms. The number of likely N-dealkylation sites (tertiary alicyclic amines) is 1. The van der Waals surface area contributed by atoms with Crippen LogP contribution in [0.1, 0.15) is 45.6 Å². The molecule has 0 bridgehead atoms. The number of nitrogens with two attached hydrogens (primary N) is 1. The number of aliphatic carboxylic acids is 1. The van der Waals surface area contributed by atoms with Crippen molar-refractivity contribution in [1.29, 1.82) is 0 Å². The van der Waals surface area contributed by atoms with E-state index in [1.54, 1.807) is 6.92 Å². The second kappa shape index (κ2) is 12.6. The summed E-state index contributed by atoms with van der Waals surface area (Å²) in [5, 5.41) is 22.0. The Morgan fingerprint density at radius 1 is 1.20 bits per heavy atom. The third-order valence-electron chi connectivity index (χ3n) is 6.79. The van der Waals surface area contributed by atoms with Gasteiger partial charge < -0.3 is 31.1 Å². The number of hydrogen-bond donors (Lipinski definition) is 4. The van der Waals surface area contributed by atoms with Gasteiger partial charge in [-0.2, -0.15) is 0 Å². The molecule has 1 saturated heterocycles. The first-order valence-corrected chi connectivity index (χ1v) is 12.1. The Labute approximate surface area is 206 Å². The van der Waals surface area contributed by atoms with Crippen molar-refractivity contribution in [2.75, 3.05) is 13.6 Å². The van der Waals surface area contributed by atoms with E-state index in [-0.39, 0.29) is 12.3 Å². The maximum Gasteiger partial charge on any atom is 0.326 e. The zero-order chi connectivity index (χ0) is 26.3. The summed E-state index contributed by atoms with van der Waals surface area (Å²) in [6.45, 7) is 5.31. The Morgan fingerprint density at radius 3 is 2.37 bits per heavy atom. The van der Waals surface area contributed by atoms with E-state index < -0.39 is 54.0 Å². The number of aliphatic hydroxyl groups is 1. The van der Waals surface area contributed by atoms with Crippen LogP contribution in [0, 0.1) is 5.92 Å². The van der Waals surface area contributed by atoms with E-state index in [9.17, 15) is 29.4 Å². The van der Waals surface area contributed by atoms with E-state index in [4.69, 9.17) is 5.73 Å². The molecule has 1 aromatic rings. The number of nitrogens with one attached hydrogen (secondary N) is 1. The number of amides is 3. The third-order valence-corrected chi connectivity index (χ3v) is 6.79. The van der Waals surface area contributed by atoms with Crippen molar-refractivity contribution in [2.45, 2.75) is 76.7 Å². The number of carbonyl (C=O) groups is 4. The number of nitrogens with zero attached hydrogens (tertiary/aromatic N) is 2. The Balaban J connectivity index is 2.30. The Bertz CT molecular complexity index is 893. The molecule has 6 atom stereocenters. The molecule has 0 radical (unpaired) electrons. The SMILES string of the molecule is CC[C@H](C)[C@H](NC(=O)[C@@H]1CCCN1C(=O)[C@H](Cc1ccccc1)N(C)C(=O)[C@@H](N)[C@@H](C)O)C(=O)O. The summed E-state index contributed by atoms with van der Waals surface area (Å²) in [6.07, 6.45) is 0.641. The zero-order valence-electron chi connectivity index (χ0n) is 20.9. The van der Waals surface area contributed by atoms with Crippen LogP contribution in [0.5, 0.6) is 0 Å². The maximum atomic E-state index is 13.7. The second-order valence-corrected chi connectivity index (χ2v) is 9.32. The summed E-state index contributed by atoms with van der Waals surface area (Å²) < 4.78 is 0. The van der Waals surface area contributed by atoms with Crippen LogP contribution in [-0.2, 0) is 25.6 Å². The molecule has 35 heavy (non-hydrogen) atoms. The Hall–Kier alpha value is -2.98. The fraction of sp³-hybridized carbons (Fsp3) is 0.600. The van der Waals surface area contributed by atoms with Crippen LogP contribution in [0.25, 0.3) is 0 Å². The van der Waals surface area contributed by atoms with Crippen LogP contribution in [0.2, 0.25) is 0 Å². The average Bonchev–Trinajstić information content (AvgIpc) is 3.34. The molecule has 1 aliphatic heterocycles. The Kier molecular flexibility index (Phi) is 10.2. The lowest BCUT2D eigenvalue weighted by Gasteiger charge is -2.35. The number of carboxylic acid groups (broad SMARTS) is 1. The summed E-state index contributed by atoms with van der Waals surface area (Å²) in [6, 6.07) is 5.13. The fourth-order valence-corrected chi connectivity index (χ4v) is 4.25. The quantitative estimate of drug-likeness (QED) is 0.349. The van der Waals surface area contributed by atoms with Crippen molar-refractivity contribution in [3.05, 3.63) is 35.9 Å². The van der Waals surface area contributed by atoms with Gasteiger partial charge >= 0.3 is 5.97 Å². The minimum atomic E-state index is -1.20. The molecule has 0 aromatic heterocycles. The monoisotopic (exact) mass is 490 g/mol. The molecule has 194 valence electrons. The van der Waals surface area contributed by atoms with Gasteiger partial charge in [0.2, 0.25) is 17.7 Å². The topological polar surface area (TPSA) is 153 Å². The van der Waals surface area contributed by atoms with Gasteiger partial charge in [-0.15, -0.1) is 0 Å². The molecule has 1 aromatic carbocycles. The van der Waals surface area contributed by atoms with Gasteiger partial charge in [-0.3, -0.25) is 14.4 Å². The van der Waals surface area contributed by atoms with Gasteiger partial charge in [0.25, 0.3) is 0 Å². The predicted octanol–water partition coefficient (Wildman–Crippen LogP) is 0.371. The van der Waals surface area contributed by atoms with Gasteiger partial charge in [-0.05, 0) is 31.2 Å². The third kappa shape index (κ3) is 7.02. The van der Waals surface area contributed by atoms with Crippen molar-refractivity contribution in [1.82, 2.24) is 15.1 Å². The summed E-state index contributed by atoms with van der Waals surface area (Å²) in [5.41, 5.74) is 6.68. The smallest absolute Gasteiger partial charge is 0.326 e. The number of carbonyl (C=O) groups excluding carboxylic acids is 3. The van der Waals surface area contributed by atoms with Crippen LogP contribution in [0.15, 0.2) is 30.3 Å². The molecule has 5 N–H and O–H groups in total. The molecular weight excluding hydrogens is 452 g/mol. The predicted molar refractivity (Wildman–Crippen MR) is 130 cm³/mol. The minimum absolute atomic E-state index is 0.198. The van der Waals surface area contributed by atoms with Crippen molar-refractivity contribution < 1.29 is 29.4 Å². The summed E-state index contributed by atoms with van der Waals surface area (Å²) in [4.78, 5) is 54.1. The second-order valence-electron chi connectivity index (χ2n) is 9.32. The lowest BCUT2D eigenvalue weighted by atomic mass is 9.98. The highest BCUT2D eigenvalue weighted by atomic mass is 16.4. The van der Waals surface area contributed by atoms with Crippen molar-refractivity contribution >= 4 is 23.7 Å². The van der Waals surface area contributed by atoms with Gasteiger partial charge in [0.1, 0.15) is 24.2 Å². The molecule has 0 unspecified atom stereocenters. The van der Waals surface area contributed by atoms with Gasteiger partial charge in [0.05, 0.1) is 6.10 Å². The molecule has 10 nitrogen and oxygen atoms in total. The van der Waals surface area contributed by atoms with Gasteiger partial charge in [-0.1, -0.05) is 50.6 Å². The number of hydrogen-bond acceptors (Lipinski definition) is 6. The van der Waals surface area contributed by atoms with E-state index in [1.807, 2.05) is 37.3 Å². The molecule has 2 rings (SSSR count). The highest BCUT2D eigenvalue weighted by Gasteiger charge is 2.41. The maximum absolute atomic E-state index is 13.7. The number of aliphatic hydroxyl groups excluding tert-OH is 1. The highest BCUT2D eigenvalue weighted by molar-refractivity contribution is 5.94. The van der Waals surface area contributed by atoms with E-state index in [2.05, 4.69) is 5.32 Å². The van der Waals surface area contributed by atoms with Crippen molar-refractivity contribution in [3.63, 3.8) is 0 Å². The van der Waals surface area contributed by atoms with Crippen molar-refractivity contribution in [3.8, 4) is 0 Å². The van der Waals surface area contributed by atoms with Crippen molar-refractivity contribution in [2.24, 2.45) is 11.7 Å². The van der Waals surface area contributed by atoms with Crippen LogP contribution in [-0.4, -0.2) is 87.6 Å². The largest absolute Gasteiger partial charge is 0.480 e. The number of rotatable bonds is 11. The number of likely N-dealkylation sites (N-methyl/N-ethyl adjacent to an activating group) is 1. The first-order chi connectivity index (χ1) is 16.5. The number of carboxylic acids is 1. The summed E-state index contributed by atoms with van der Waals surface area (Å²) in [5.74, 6) is -2.93. The van der Waals surface area contributed by atoms with Crippen LogP contribution in [0.4, 0.5) is 0 Å². The van der Waals surface area contributed by atoms with E-state index in [0.717, 1.165) is 5.56 Å². The molecule has 0 aliphatic carbocycles. The molecule has 1 fully saturated rings. The van der Waals surface area contributed by atoms with Crippen LogP contribution in [0.3, 0.4) is 0 Å². The van der Waals surface area contributed by atoms with E-state index >= 15 is 0 Å². The molecule has 0 saturated carbocycles. The molecule has 1 aliphatic rings. The highest BCUT2D eigenvalue weighted by Crippen LogP contribution is 2.22. The molecule has 3 amide bonds. The first kappa shape index (κ1) is 28.3. The fourth-order valence-electron chi connectivity index (χ4n) is 4.25. The van der Waals surface area contributed by atoms with Gasteiger partial charge in [0, 0.05) is 20.0 Å². The Morgan fingerprint density at radius 2 is 1.83 bits per heavy atom. The van der Waals surface area contributed by atoms with E-state index in [1.165, 1.54) is 23.8 Å². The normalized spacial score (nSPS) is 19.8. The first-order valence-electron chi connectivity index (χ1n) is 12.1. The van der Waals surface area contributed by atoms with Gasteiger partial charge in [-0.25, -0.2) is 4.79 Å².